The van der Waals surface area contributed by atoms with Gasteiger partial charge in [-0.15, -0.1) is 11.3 Å². The molecule has 0 bridgehead atoms. The number of likely N-dealkylation sites (N-methyl/N-ethyl adjacent to an activating group) is 1. The summed E-state index contributed by atoms with van der Waals surface area (Å²) in [6.07, 6.45) is -0.505. The fourth-order valence-corrected chi connectivity index (χ4v) is 2.81. The third-order valence-corrected chi connectivity index (χ3v) is 3.90. The molecule has 2 rings (SSSR count). The minimum Gasteiger partial charge on any atom is -0.495 e. The number of hydrogen-bond donors (Lipinski definition) is 2. The van der Waals surface area contributed by atoms with E-state index in [0.717, 1.165) is 0 Å². The Labute approximate surface area is 104 Å². The van der Waals surface area contributed by atoms with Crippen LogP contribution < -0.4 is 10.1 Å². The summed E-state index contributed by atoms with van der Waals surface area (Å²) in [5.74, 6) is 0.483. The minimum absolute atomic E-state index is 0.107. The summed E-state index contributed by atoms with van der Waals surface area (Å²) in [5, 5.41) is 14.6. The molecule has 2 N–H and O–H groups in total. The molecule has 2 atom stereocenters. The van der Waals surface area contributed by atoms with Crippen molar-refractivity contribution in [2.24, 2.45) is 0 Å². The van der Waals surface area contributed by atoms with Crippen molar-refractivity contribution in [3.05, 3.63) is 16.3 Å². The Morgan fingerprint density at radius 1 is 1.65 bits per heavy atom. The van der Waals surface area contributed by atoms with Gasteiger partial charge in [-0.1, -0.05) is 0 Å². The van der Waals surface area contributed by atoms with Crippen LogP contribution in [0.1, 0.15) is 9.67 Å². The van der Waals surface area contributed by atoms with Gasteiger partial charge in [0.2, 0.25) is 0 Å². The van der Waals surface area contributed by atoms with E-state index in [0.29, 0.717) is 23.7 Å². The molecule has 0 unspecified atom stereocenters. The zero-order valence-corrected chi connectivity index (χ0v) is 10.7. The van der Waals surface area contributed by atoms with Crippen LogP contribution >= 0.6 is 11.3 Å². The monoisotopic (exact) mass is 256 g/mol. The number of aliphatic hydroxyl groups is 1. The normalized spacial score (nSPS) is 23.7. The van der Waals surface area contributed by atoms with Crippen molar-refractivity contribution in [1.82, 2.24) is 10.2 Å². The van der Waals surface area contributed by atoms with Crippen LogP contribution in [0.15, 0.2) is 11.4 Å². The Morgan fingerprint density at radius 3 is 3.00 bits per heavy atom. The highest BCUT2D eigenvalue weighted by molar-refractivity contribution is 7.12. The number of carbonyl (C=O) groups is 1. The van der Waals surface area contributed by atoms with E-state index in [1.54, 1.807) is 25.1 Å². The average molecular weight is 256 g/mol. The topological polar surface area (TPSA) is 61.8 Å². The molecule has 17 heavy (non-hydrogen) atoms. The molecule has 94 valence electrons. The molecule has 0 aromatic carbocycles. The first kappa shape index (κ1) is 12.3. The minimum atomic E-state index is -0.505. The van der Waals surface area contributed by atoms with Gasteiger partial charge in [-0.3, -0.25) is 4.79 Å². The molecular formula is C11H16N2O3S. The lowest BCUT2D eigenvalue weighted by Gasteiger charge is -2.26. The number of methoxy groups -OCH3 is 1. The molecule has 0 saturated carbocycles. The van der Waals surface area contributed by atoms with Crippen LogP contribution in [0.25, 0.3) is 0 Å². The Kier molecular flexibility index (Phi) is 3.66. The van der Waals surface area contributed by atoms with Crippen molar-refractivity contribution in [1.29, 1.82) is 0 Å². The number of aliphatic hydroxyl groups excluding tert-OH is 1. The third kappa shape index (κ3) is 2.29. The molecule has 1 aliphatic rings. The van der Waals surface area contributed by atoms with Gasteiger partial charge in [0.15, 0.2) is 0 Å². The maximum absolute atomic E-state index is 12.2. The number of rotatable bonds is 3. The molecule has 5 nitrogen and oxygen atoms in total. The first-order valence-corrected chi connectivity index (χ1v) is 6.30. The molecule has 1 aromatic heterocycles. The molecule has 0 aliphatic carbocycles. The number of amides is 1. The fraction of sp³-hybridized carbons (Fsp3) is 0.545. The summed E-state index contributed by atoms with van der Waals surface area (Å²) in [6.45, 7) is 1.15. The van der Waals surface area contributed by atoms with E-state index in [1.165, 1.54) is 11.3 Å². The summed E-state index contributed by atoms with van der Waals surface area (Å²) < 4.78 is 5.13. The van der Waals surface area contributed by atoms with E-state index in [2.05, 4.69) is 5.32 Å². The number of β-amino-alcohol motifs (C(OH)–C–C–N with tert-alkyl or cyclic N) is 1. The number of nitrogens with zero attached hydrogens (tertiary/aromatic N) is 1. The number of nitrogens with one attached hydrogen (secondary N) is 1. The molecule has 1 amide bonds. The lowest BCUT2D eigenvalue weighted by Crippen LogP contribution is -2.44. The Hall–Kier alpha value is -1.11. The van der Waals surface area contributed by atoms with Gasteiger partial charge in [0.1, 0.15) is 10.6 Å². The first-order chi connectivity index (χ1) is 8.15. The van der Waals surface area contributed by atoms with Gasteiger partial charge in [0, 0.05) is 20.1 Å². The first-order valence-electron chi connectivity index (χ1n) is 5.42. The van der Waals surface area contributed by atoms with Crippen LogP contribution in [0.4, 0.5) is 0 Å². The summed E-state index contributed by atoms with van der Waals surface area (Å²) in [4.78, 5) is 14.4. The van der Waals surface area contributed by atoms with Gasteiger partial charge in [-0.05, 0) is 11.4 Å². The molecule has 0 radical (unpaired) electrons. The van der Waals surface area contributed by atoms with Crippen LogP contribution in [-0.4, -0.2) is 55.3 Å². The zero-order valence-electron chi connectivity index (χ0n) is 9.84. The van der Waals surface area contributed by atoms with E-state index in [4.69, 9.17) is 4.74 Å². The zero-order chi connectivity index (χ0) is 12.4. The quantitative estimate of drug-likeness (QED) is 0.809. The number of thiophene rings is 1. The van der Waals surface area contributed by atoms with Gasteiger partial charge in [-0.2, -0.15) is 0 Å². The van der Waals surface area contributed by atoms with Crippen molar-refractivity contribution in [2.75, 3.05) is 27.2 Å². The largest absolute Gasteiger partial charge is 0.495 e. The number of carbonyl (C=O) groups excluding carboxylic acids is 1. The van der Waals surface area contributed by atoms with E-state index >= 15 is 0 Å². The SMILES string of the molecule is COc1ccsc1C(=O)N(C)[C@@H]1CNC[C@H]1O. The average Bonchev–Trinajstić information content (AvgIpc) is 2.95. The molecule has 1 aliphatic heterocycles. The lowest BCUT2D eigenvalue weighted by molar-refractivity contribution is 0.0583. The second-order valence-corrected chi connectivity index (χ2v) is 4.94. The van der Waals surface area contributed by atoms with Crippen LogP contribution in [-0.2, 0) is 0 Å². The van der Waals surface area contributed by atoms with Gasteiger partial charge in [0.05, 0.1) is 19.3 Å². The summed E-state index contributed by atoms with van der Waals surface area (Å²) in [6, 6.07) is 1.60. The fourth-order valence-electron chi connectivity index (χ4n) is 1.97. The Bertz CT molecular complexity index is 407. The highest BCUT2D eigenvalue weighted by Gasteiger charge is 2.32. The maximum atomic E-state index is 12.2. The van der Waals surface area contributed by atoms with Crippen molar-refractivity contribution in [3.63, 3.8) is 0 Å². The van der Waals surface area contributed by atoms with Crippen LogP contribution in [0, 0.1) is 0 Å². The van der Waals surface area contributed by atoms with Crippen molar-refractivity contribution in [3.8, 4) is 5.75 Å². The molecule has 6 heteroatoms. The van der Waals surface area contributed by atoms with Gasteiger partial charge in [-0.25, -0.2) is 0 Å². The molecule has 1 aromatic rings. The number of ether oxygens (including phenoxy) is 1. The second-order valence-electron chi connectivity index (χ2n) is 4.03. The van der Waals surface area contributed by atoms with Crippen molar-refractivity contribution < 1.29 is 14.6 Å². The van der Waals surface area contributed by atoms with Crippen LogP contribution in [0.2, 0.25) is 0 Å². The third-order valence-electron chi connectivity index (χ3n) is 3.01. The molecular weight excluding hydrogens is 240 g/mol. The molecule has 2 heterocycles. The predicted molar refractivity (Wildman–Crippen MR) is 65.6 cm³/mol. The highest BCUT2D eigenvalue weighted by atomic mass is 32.1. The van der Waals surface area contributed by atoms with E-state index < -0.39 is 6.10 Å². The summed E-state index contributed by atoms with van der Waals surface area (Å²) >= 11 is 1.35. The number of hydrogen-bond acceptors (Lipinski definition) is 5. The molecule has 0 spiro atoms. The van der Waals surface area contributed by atoms with Gasteiger partial charge < -0.3 is 20.1 Å². The van der Waals surface area contributed by atoms with Crippen molar-refractivity contribution in [2.45, 2.75) is 12.1 Å². The smallest absolute Gasteiger partial charge is 0.267 e. The Morgan fingerprint density at radius 2 is 2.41 bits per heavy atom. The van der Waals surface area contributed by atoms with Crippen molar-refractivity contribution >= 4 is 17.2 Å². The van der Waals surface area contributed by atoms with Gasteiger partial charge in [0.25, 0.3) is 5.91 Å². The van der Waals surface area contributed by atoms with Crippen LogP contribution in [0.5, 0.6) is 5.75 Å². The highest BCUT2D eigenvalue weighted by Crippen LogP contribution is 2.26. The predicted octanol–water partition coefficient (Wildman–Crippen LogP) is 0.161. The van der Waals surface area contributed by atoms with Crippen LogP contribution in [0.3, 0.4) is 0 Å². The van der Waals surface area contributed by atoms with E-state index in [1.807, 2.05) is 5.38 Å². The Balaban J connectivity index is 2.14. The van der Waals surface area contributed by atoms with E-state index in [9.17, 15) is 9.90 Å². The lowest BCUT2D eigenvalue weighted by atomic mass is 10.2. The standard InChI is InChI=1S/C11H16N2O3S/c1-13(7-5-12-6-8(7)14)11(15)10-9(16-2)3-4-17-10/h3-4,7-8,12,14H,5-6H2,1-2H3/t7-,8-/m1/s1. The summed E-state index contributed by atoms with van der Waals surface area (Å²) in [7, 11) is 3.26. The van der Waals surface area contributed by atoms with E-state index in [-0.39, 0.29) is 11.9 Å². The maximum Gasteiger partial charge on any atom is 0.267 e. The molecule has 1 fully saturated rings. The van der Waals surface area contributed by atoms with Gasteiger partial charge >= 0.3 is 0 Å². The molecule has 1 saturated heterocycles. The summed E-state index contributed by atoms with van der Waals surface area (Å²) in [5.41, 5.74) is 0. The second kappa shape index (κ2) is 5.03.